The van der Waals surface area contributed by atoms with Crippen LogP contribution in [-0.4, -0.2) is 59.2 Å². The third kappa shape index (κ3) is 6.37. The first-order chi connectivity index (χ1) is 18.1. The lowest BCUT2D eigenvalue weighted by Crippen LogP contribution is -2.61. The molecule has 1 aromatic carbocycles. The zero-order valence-electron chi connectivity index (χ0n) is 25.5. The van der Waals surface area contributed by atoms with Crippen LogP contribution in [0, 0.1) is 5.41 Å². The Morgan fingerprint density at radius 3 is 2.26 bits per heavy atom. The van der Waals surface area contributed by atoms with Gasteiger partial charge >= 0.3 is 5.97 Å². The summed E-state index contributed by atoms with van der Waals surface area (Å²) in [6.45, 7) is 15.5. The van der Waals surface area contributed by atoms with E-state index in [1.807, 2.05) is 18.2 Å². The van der Waals surface area contributed by atoms with E-state index in [0.29, 0.717) is 11.5 Å². The molecule has 1 heterocycles. The number of ketones is 1. The molecule has 2 aliphatic rings. The van der Waals surface area contributed by atoms with E-state index in [-0.39, 0.29) is 35.9 Å². The van der Waals surface area contributed by atoms with Gasteiger partial charge in [0.2, 0.25) is 0 Å². The quantitative estimate of drug-likeness (QED) is 0.194. The Labute approximate surface area is 235 Å². The van der Waals surface area contributed by atoms with Crippen LogP contribution >= 0.6 is 0 Å². The van der Waals surface area contributed by atoms with Crippen LogP contribution in [0.25, 0.3) is 0 Å². The van der Waals surface area contributed by atoms with Crippen LogP contribution in [0.2, 0.25) is 18.1 Å². The van der Waals surface area contributed by atoms with Crippen molar-refractivity contribution in [2.75, 3.05) is 21.3 Å². The largest absolute Gasteiger partial charge is 0.493 e. The number of fused-ring (bicyclic) bond motifs is 1. The molecule has 1 saturated carbocycles. The topological polar surface area (TPSA) is 89.5 Å². The molecule has 0 bridgehead atoms. The minimum Gasteiger partial charge on any atom is -0.493 e. The van der Waals surface area contributed by atoms with Gasteiger partial charge in [-0.05, 0) is 43.1 Å². The van der Waals surface area contributed by atoms with Crippen LogP contribution < -0.4 is 9.47 Å². The van der Waals surface area contributed by atoms with Gasteiger partial charge in [-0.25, -0.2) is 0 Å². The van der Waals surface area contributed by atoms with Crippen molar-refractivity contribution in [3.8, 4) is 11.5 Å². The van der Waals surface area contributed by atoms with Crippen LogP contribution in [0.5, 0.6) is 11.5 Å². The summed E-state index contributed by atoms with van der Waals surface area (Å²) in [5.41, 5.74) is -0.842. The average molecular weight is 565 g/mol. The first-order valence-corrected chi connectivity index (χ1v) is 16.8. The van der Waals surface area contributed by atoms with Gasteiger partial charge in [0, 0.05) is 17.4 Å². The first kappa shape index (κ1) is 31.6. The van der Waals surface area contributed by atoms with E-state index >= 15 is 0 Å². The lowest BCUT2D eigenvalue weighted by atomic mass is 9.62. The highest BCUT2D eigenvalue weighted by Crippen LogP contribution is 2.57. The molecular formula is C30H48O8Si. The number of methoxy groups -OCH3 is 3. The Balaban J connectivity index is 2.09. The fourth-order valence-corrected chi connectivity index (χ4v) is 7.05. The van der Waals surface area contributed by atoms with E-state index in [1.165, 1.54) is 7.11 Å². The van der Waals surface area contributed by atoms with Crippen molar-refractivity contribution in [3.05, 3.63) is 23.8 Å². The van der Waals surface area contributed by atoms with Gasteiger partial charge in [-0.3, -0.25) is 9.59 Å². The van der Waals surface area contributed by atoms with Gasteiger partial charge in [0.05, 0.1) is 33.5 Å². The molecule has 4 atom stereocenters. The van der Waals surface area contributed by atoms with E-state index in [4.69, 9.17) is 28.1 Å². The molecule has 0 aromatic heterocycles. The molecule has 0 spiro atoms. The van der Waals surface area contributed by atoms with E-state index < -0.39 is 31.6 Å². The van der Waals surface area contributed by atoms with Gasteiger partial charge in [0.1, 0.15) is 17.8 Å². The van der Waals surface area contributed by atoms with Crippen molar-refractivity contribution in [2.24, 2.45) is 5.41 Å². The number of carbonyl (C=O) groups is 2. The number of esters is 1. The lowest BCUT2D eigenvalue weighted by Gasteiger charge is -2.53. The number of hydrogen-bond donors (Lipinski definition) is 0. The Morgan fingerprint density at radius 1 is 1.03 bits per heavy atom. The summed E-state index contributed by atoms with van der Waals surface area (Å²) in [4.78, 5) is 25.4. The van der Waals surface area contributed by atoms with Crippen molar-refractivity contribution in [3.63, 3.8) is 0 Å². The van der Waals surface area contributed by atoms with Gasteiger partial charge in [0.15, 0.2) is 26.1 Å². The fraction of sp³-hybridized carbons (Fsp3) is 0.733. The molecule has 1 aliphatic carbocycles. The summed E-state index contributed by atoms with van der Waals surface area (Å²) in [6, 6.07) is 5.57. The zero-order chi connectivity index (χ0) is 29.2. The molecule has 39 heavy (non-hydrogen) atoms. The molecule has 0 radical (unpaired) electrons. The van der Waals surface area contributed by atoms with E-state index in [0.717, 1.165) is 31.2 Å². The Kier molecular flexibility index (Phi) is 9.63. The Bertz CT molecular complexity index is 1030. The van der Waals surface area contributed by atoms with Crippen LogP contribution in [-0.2, 0) is 28.2 Å². The number of rotatable bonds is 9. The fourth-order valence-electron chi connectivity index (χ4n) is 5.57. The molecule has 3 rings (SSSR count). The summed E-state index contributed by atoms with van der Waals surface area (Å²) in [5.74, 6) is 0.390. The Hall–Kier alpha value is -1.94. The van der Waals surface area contributed by atoms with Gasteiger partial charge in [-0.1, -0.05) is 53.5 Å². The molecule has 0 N–H and O–H groups in total. The summed E-state index contributed by atoms with van der Waals surface area (Å²) >= 11 is 0. The molecule has 0 amide bonds. The smallest absolute Gasteiger partial charge is 0.313 e. The van der Waals surface area contributed by atoms with Crippen molar-refractivity contribution >= 4 is 20.1 Å². The maximum atomic E-state index is 13.4. The van der Waals surface area contributed by atoms with Crippen molar-refractivity contribution < 1.29 is 37.7 Å². The molecule has 1 aromatic rings. The number of hydrogen-bond acceptors (Lipinski definition) is 8. The van der Waals surface area contributed by atoms with Gasteiger partial charge in [-0.2, -0.15) is 0 Å². The third-order valence-corrected chi connectivity index (χ3v) is 13.6. The standard InChI is InChI=1S/C30H48O8Si/c1-28(2,3)39(9,10)38-24-13-11-12-14-25-30(29(24,4)5,19-21(31)18-26(32)35-8)37-27(36-25)20-15-16-22(33-6)23(17-20)34-7/h15-17,24-25,27H,11-14,18-19H2,1-10H3/t24-,25-,27-,30+/m0/s1. The SMILES string of the molecule is COC(=O)CC(=O)C[C@@]12O[C@@H](c3ccc(OC)c(OC)c3)O[C@H]1CCCC[C@H](O[Si](C)(C)C(C)(C)C)C2(C)C. The highest BCUT2D eigenvalue weighted by Gasteiger charge is 2.63. The summed E-state index contributed by atoms with van der Waals surface area (Å²) < 4.78 is 36.4. The normalized spacial score (nSPS) is 27.2. The molecule has 0 unspecified atom stereocenters. The van der Waals surface area contributed by atoms with Crippen molar-refractivity contribution in [2.45, 2.75) is 115 Å². The predicted molar refractivity (Wildman–Crippen MR) is 152 cm³/mol. The maximum absolute atomic E-state index is 13.4. The number of ether oxygens (including phenoxy) is 5. The van der Waals surface area contributed by atoms with Crippen LogP contribution in [0.3, 0.4) is 0 Å². The summed E-state index contributed by atoms with van der Waals surface area (Å²) in [5, 5.41) is 0.0218. The summed E-state index contributed by atoms with van der Waals surface area (Å²) in [6.07, 6.45) is 2.02. The van der Waals surface area contributed by atoms with Crippen molar-refractivity contribution in [1.29, 1.82) is 0 Å². The van der Waals surface area contributed by atoms with Crippen LogP contribution in [0.4, 0.5) is 0 Å². The highest BCUT2D eigenvalue weighted by atomic mass is 28.4. The minimum absolute atomic E-state index is 0.0218. The van der Waals surface area contributed by atoms with Crippen LogP contribution in [0.15, 0.2) is 18.2 Å². The second-order valence-electron chi connectivity index (χ2n) is 12.9. The van der Waals surface area contributed by atoms with Crippen LogP contribution in [0.1, 0.15) is 85.0 Å². The minimum atomic E-state index is -2.16. The van der Waals surface area contributed by atoms with Gasteiger partial charge in [0.25, 0.3) is 0 Å². The lowest BCUT2D eigenvalue weighted by molar-refractivity contribution is -0.175. The van der Waals surface area contributed by atoms with Gasteiger partial charge in [-0.15, -0.1) is 0 Å². The number of carbonyl (C=O) groups excluding carboxylic acids is 2. The molecule has 1 saturated heterocycles. The summed E-state index contributed by atoms with van der Waals surface area (Å²) in [7, 11) is 2.32. The van der Waals surface area contributed by atoms with E-state index in [9.17, 15) is 9.59 Å². The second kappa shape index (κ2) is 11.9. The monoisotopic (exact) mass is 564 g/mol. The second-order valence-corrected chi connectivity index (χ2v) is 17.7. The maximum Gasteiger partial charge on any atom is 0.313 e. The molecular weight excluding hydrogens is 516 g/mol. The first-order valence-electron chi connectivity index (χ1n) is 13.9. The third-order valence-electron chi connectivity index (χ3n) is 9.16. The molecule has 1 aliphatic heterocycles. The predicted octanol–water partition coefficient (Wildman–Crippen LogP) is 6.37. The number of Topliss-reactive ketones (excluding diaryl/α,β-unsaturated/α-hetero) is 1. The average Bonchev–Trinajstić information content (AvgIpc) is 3.22. The van der Waals surface area contributed by atoms with Gasteiger partial charge < -0.3 is 28.1 Å². The molecule has 8 nitrogen and oxygen atoms in total. The number of benzene rings is 1. The van der Waals surface area contributed by atoms with E-state index in [2.05, 4.69) is 47.7 Å². The molecule has 2 fully saturated rings. The Morgan fingerprint density at radius 2 is 1.67 bits per heavy atom. The van der Waals surface area contributed by atoms with E-state index in [1.54, 1.807) is 14.2 Å². The molecule has 9 heteroatoms. The highest BCUT2D eigenvalue weighted by molar-refractivity contribution is 6.74. The van der Waals surface area contributed by atoms with Crippen molar-refractivity contribution in [1.82, 2.24) is 0 Å². The zero-order valence-corrected chi connectivity index (χ0v) is 26.5. The molecule has 220 valence electrons.